The molecule has 0 aliphatic rings. The van der Waals surface area contributed by atoms with E-state index < -0.39 is 0 Å². The molecule has 0 aromatic heterocycles. The molecule has 1 nitrogen and oxygen atoms in total. The molecule has 0 saturated heterocycles. The predicted molar refractivity (Wildman–Crippen MR) is 85.1 cm³/mol. The van der Waals surface area contributed by atoms with E-state index in [-0.39, 0.29) is 0 Å². The number of hydrogen-bond donors (Lipinski definition) is 0. The van der Waals surface area contributed by atoms with Gasteiger partial charge in [-0.05, 0) is 36.1 Å². The van der Waals surface area contributed by atoms with Crippen LogP contribution in [0.3, 0.4) is 0 Å². The summed E-state index contributed by atoms with van der Waals surface area (Å²) >= 11 is 0. The molecular weight excluding hydrogens is 244 g/mol. The molecule has 0 aliphatic carbocycles. The van der Waals surface area contributed by atoms with Gasteiger partial charge in [-0.15, -0.1) is 0 Å². The Labute approximate surface area is 122 Å². The molecule has 0 radical (unpaired) electrons. The number of ether oxygens (including phenoxy) is 1. The second-order valence-electron chi connectivity index (χ2n) is 5.23. The fourth-order valence-corrected chi connectivity index (χ4v) is 2.29. The molecule has 0 amide bonds. The van der Waals surface area contributed by atoms with E-state index in [1.165, 1.54) is 36.8 Å². The Hall–Kier alpha value is -1.76. The molecule has 0 aliphatic heterocycles. The molecule has 0 heterocycles. The summed E-state index contributed by atoms with van der Waals surface area (Å²) in [7, 11) is 0. The van der Waals surface area contributed by atoms with Gasteiger partial charge in [-0.3, -0.25) is 0 Å². The van der Waals surface area contributed by atoms with Crippen molar-refractivity contribution < 1.29 is 4.74 Å². The Morgan fingerprint density at radius 3 is 2.40 bits per heavy atom. The molecule has 0 bridgehead atoms. The number of benzene rings is 2. The van der Waals surface area contributed by atoms with Gasteiger partial charge in [0.1, 0.15) is 12.4 Å². The molecule has 0 atom stereocenters. The van der Waals surface area contributed by atoms with Crippen molar-refractivity contribution >= 4 is 0 Å². The molecule has 0 saturated carbocycles. The molecule has 20 heavy (non-hydrogen) atoms. The van der Waals surface area contributed by atoms with Crippen molar-refractivity contribution in [3.63, 3.8) is 0 Å². The average molecular weight is 268 g/mol. The van der Waals surface area contributed by atoms with Gasteiger partial charge in [0.05, 0.1) is 0 Å². The first kappa shape index (κ1) is 14.6. The lowest BCUT2D eigenvalue weighted by Gasteiger charge is -2.08. The maximum Gasteiger partial charge on any atom is 0.120 e. The summed E-state index contributed by atoms with van der Waals surface area (Å²) in [6.07, 6.45) is 6.38. The van der Waals surface area contributed by atoms with E-state index in [1.54, 1.807) is 0 Å². The van der Waals surface area contributed by atoms with Crippen LogP contribution in [0.15, 0.2) is 54.6 Å². The van der Waals surface area contributed by atoms with Crippen LogP contribution < -0.4 is 4.74 Å². The molecular formula is C19H24O. The molecule has 0 spiro atoms. The predicted octanol–water partition coefficient (Wildman–Crippen LogP) is 5.39. The van der Waals surface area contributed by atoms with E-state index in [9.17, 15) is 0 Å². The van der Waals surface area contributed by atoms with Crippen molar-refractivity contribution in [1.29, 1.82) is 0 Å². The first-order chi connectivity index (χ1) is 9.88. The third-order valence-electron chi connectivity index (χ3n) is 3.47. The van der Waals surface area contributed by atoms with Gasteiger partial charge in [-0.2, -0.15) is 0 Å². The Kier molecular flexibility index (Phi) is 6.16. The maximum atomic E-state index is 5.86. The lowest BCUT2D eigenvalue weighted by atomic mass is 10.1. The molecule has 0 fully saturated rings. The first-order valence-corrected chi connectivity index (χ1v) is 7.64. The summed E-state index contributed by atoms with van der Waals surface area (Å²) in [4.78, 5) is 0. The maximum absolute atomic E-state index is 5.86. The van der Waals surface area contributed by atoms with Crippen molar-refractivity contribution in [2.75, 3.05) is 0 Å². The Balaban J connectivity index is 1.83. The van der Waals surface area contributed by atoms with Crippen LogP contribution in [0, 0.1) is 0 Å². The highest BCUT2D eigenvalue weighted by Crippen LogP contribution is 2.17. The van der Waals surface area contributed by atoms with E-state index in [1.807, 2.05) is 24.3 Å². The van der Waals surface area contributed by atoms with Crippen molar-refractivity contribution in [2.45, 2.75) is 45.6 Å². The highest BCUT2D eigenvalue weighted by molar-refractivity contribution is 5.29. The highest BCUT2D eigenvalue weighted by Gasteiger charge is 1.98. The number of hydrogen-bond acceptors (Lipinski definition) is 1. The van der Waals surface area contributed by atoms with E-state index in [0.29, 0.717) is 6.61 Å². The zero-order chi connectivity index (χ0) is 14.0. The summed E-state index contributed by atoms with van der Waals surface area (Å²) in [6.45, 7) is 2.89. The number of aryl methyl sites for hydroxylation is 1. The quantitative estimate of drug-likeness (QED) is 0.583. The van der Waals surface area contributed by atoms with Crippen molar-refractivity contribution in [3.05, 3.63) is 65.7 Å². The van der Waals surface area contributed by atoms with Gasteiger partial charge in [0.15, 0.2) is 0 Å². The van der Waals surface area contributed by atoms with Crippen molar-refractivity contribution in [1.82, 2.24) is 0 Å². The standard InChI is InChI=1S/C19H24O/c1-2-3-4-6-10-17-13-9-14-19(15-17)20-16-18-11-7-5-8-12-18/h5,7-9,11-15H,2-4,6,10,16H2,1H3. The SMILES string of the molecule is CCCCCCc1cccc(OCc2ccccc2)c1. The van der Waals surface area contributed by atoms with Gasteiger partial charge in [0.2, 0.25) is 0 Å². The fraction of sp³-hybridized carbons (Fsp3) is 0.368. The van der Waals surface area contributed by atoms with Crippen molar-refractivity contribution in [3.8, 4) is 5.75 Å². The third-order valence-corrected chi connectivity index (χ3v) is 3.47. The molecule has 2 aromatic carbocycles. The van der Waals surface area contributed by atoms with Crippen LogP contribution in [0.25, 0.3) is 0 Å². The largest absolute Gasteiger partial charge is 0.489 e. The zero-order valence-corrected chi connectivity index (χ0v) is 12.3. The third kappa shape index (κ3) is 5.08. The normalized spacial score (nSPS) is 10.4. The monoisotopic (exact) mass is 268 g/mol. The van der Waals surface area contributed by atoms with Crippen molar-refractivity contribution in [2.24, 2.45) is 0 Å². The topological polar surface area (TPSA) is 9.23 Å². The first-order valence-electron chi connectivity index (χ1n) is 7.64. The summed E-state index contributed by atoms with van der Waals surface area (Å²) in [5.41, 5.74) is 2.59. The minimum Gasteiger partial charge on any atom is -0.489 e. The van der Waals surface area contributed by atoms with E-state index >= 15 is 0 Å². The van der Waals surface area contributed by atoms with E-state index in [2.05, 4.69) is 37.3 Å². The average Bonchev–Trinajstić information content (AvgIpc) is 2.51. The fourth-order valence-electron chi connectivity index (χ4n) is 2.29. The minimum absolute atomic E-state index is 0.639. The smallest absolute Gasteiger partial charge is 0.120 e. The zero-order valence-electron chi connectivity index (χ0n) is 12.3. The lowest BCUT2D eigenvalue weighted by Crippen LogP contribution is -1.95. The summed E-state index contributed by atoms with van der Waals surface area (Å²) in [5.74, 6) is 0.974. The minimum atomic E-state index is 0.639. The van der Waals surface area contributed by atoms with Crippen LogP contribution in [0.4, 0.5) is 0 Å². The van der Waals surface area contributed by atoms with Gasteiger partial charge < -0.3 is 4.74 Å². The molecule has 2 aromatic rings. The second kappa shape index (κ2) is 8.42. The Bertz CT molecular complexity index is 490. The molecule has 106 valence electrons. The van der Waals surface area contributed by atoms with Crippen LogP contribution in [0.5, 0.6) is 5.75 Å². The Morgan fingerprint density at radius 1 is 0.800 bits per heavy atom. The summed E-state index contributed by atoms with van der Waals surface area (Å²) in [6, 6.07) is 18.8. The molecule has 1 heteroatoms. The van der Waals surface area contributed by atoms with Crippen LogP contribution >= 0.6 is 0 Å². The lowest BCUT2D eigenvalue weighted by molar-refractivity contribution is 0.306. The number of rotatable bonds is 8. The van der Waals surface area contributed by atoms with Gasteiger partial charge in [-0.1, -0.05) is 68.7 Å². The molecule has 0 N–H and O–H groups in total. The van der Waals surface area contributed by atoms with Crippen LogP contribution in [0.2, 0.25) is 0 Å². The molecule has 2 rings (SSSR count). The van der Waals surface area contributed by atoms with Gasteiger partial charge in [0, 0.05) is 0 Å². The highest BCUT2D eigenvalue weighted by atomic mass is 16.5. The van der Waals surface area contributed by atoms with E-state index in [0.717, 1.165) is 12.2 Å². The van der Waals surface area contributed by atoms with Crippen LogP contribution in [0.1, 0.15) is 43.7 Å². The van der Waals surface area contributed by atoms with Gasteiger partial charge in [0.25, 0.3) is 0 Å². The van der Waals surface area contributed by atoms with E-state index in [4.69, 9.17) is 4.74 Å². The van der Waals surface area contributed by atoms with Crippen LogP contribution in [-0.4, -0.2) is 0 Å². The van der Waals surface area contributed by atoms with Gasteiger partial charge in [-0.25, -0.2) is 0 Å². The van der Waals surface area contributed by atoms with Gasteiger partial charge >= 0.3 is 0 Å². The number of unbranched alkanes of at least 4 members (excludes halogenated alkanes) is 3. The summed E-state index contributed by atoms with van der Waals surface area (Å²) in [5, 5.41) is 0. The molecule has 0 unspecified atom stereocenters. The Morgan fingerprint density at radius 2 is 1.60 bits per heavy atom. The second-order valence-corrected chi connectivity index (χ2v) is 5.23. The van der Waals surface area contributed by atoms with Crippen LogP contribution in [-0.2, 0) is 13.0 Å². The summed E-state index contributed by atoms with van der Waals surface area (Å²) < 4.78 is 5.86.